The van der Waals surface area contributed by atoms with E-state index >= 15 is 0 Å². The Morgan fingerprint density at radius 1 is 1.60 bits per heavy atom. The van der Waals surface area contributed by atoms with Gasteiger partial charge in [0.25, 0.3) is 0 Å². The Hall–Kier alpha value is -1.03. The third-order valence-corrected chi connectivity index (χ3v) is 2.86. The zero-order valence-corrected chi connectivity index (χ0v) is 9.66. The quantitative estimate of drug-likeness (QED) is 0.806. The predicted octanol–water partition coefficient (Wildman–Crippen LogP) is 1.71. The largest absolute Gasteiger partial charge is 0.379 e. The van der Waals surface area contributed by atoms with Crippen LogP contribution in [-0.4, -0.2) is 28.5 Å². The summed E-state index contributed by atoms with van der Waals surface area (Å²) in [5.41, 5.74) is 2.22. The Morgan fingerprint density at radius 3 is 3.00 bits per heavy atom. The summed E-state index contributed by atoms with van der Waals surface area (Å²) in [6, 6.07) is 0.525. The lowest BCUT2D eigenvalue weighted by Gasteiger charge is -2.28. The molecule has 1 saturated heterocycles. The van der Waals surface area contributed by atoms with Crippen molar-refractivity contribution in [1.82, 2.24) is 9.78 Å². The molecule has 2 heterocycles. The van der Waals surface area contributed by atoms with Gasteiger partial charge in [0, 0.05) is 25.9 Å². The number of hydrogen-bond donors (Lipinski definition) is 1. The van der Waals surface area contributed by atoms with Crippen LogP contribution >= 0.6 is 0 Å². The van der Waals surface area contributed by atoms with E-state index in [0.29, 0.717) is 12.1 Å². The Balaban J connectivity index is 1.99. The van der Waals surface area contributed by atoms with Crippen LogP contribution < -0.4 is 5.32 Å². The van der Waals surface area contributed by atoms with Crippen LogP contribution in [0.1, 0.15) is 25.5 Å². The number of anilines is 1. The number of ether oxygens (including phenoxy) is 1. The van der Waals surface area contributed by atoms with Crippen LogP contribution in [0.5, 0.6) is 0 Å². The topological polar surface area (TPSA) is 39.1 Å². The van der Waals surface area contributed by atoms with Crippen LogP contribution in [0.3, 0.4) is 0 Å². The van der Waals surface area contributed by atoms with Crippen LogP contribution in [0.2, 0.25) is 0 Å². The summed E-state index contributed by atoms with van der Waals surface area (Å²) in [6.07, 6.45) is 4.57. The van der Waals surface area contributed by atoms with Gasteiger partial charge in [0.2, 0.25) is 0 Å². The first-order valence-corrected chi connectivity index (χ1v) is 5.53. The lowest BCUT2D eigenvalue weighted by Crippen LogP contribution is -2.32. The summed E-state index contributed by atoms with van der Waals surface area (Å²) >= 11 is 0. The number of aryl methyl sites for hydroxylation is 2. The van der Waals surface area contributed by atoms with Crippen molar-refractivity contribution in [2.75, 3.05) is 11.9 Å². The van der Waals surface area contributed by atoms with E-state index < -0.39 is 0 Å². The molecule has 1 aromatic rings. The first-order valence-electron chi connectivity index (χ1n) is 5.53. The maximum absolute atomic E-state index is 5.52. The van der Waals surface area contributed by atoms with Gasteiger partial charge in [-0.2, -0.15) is 5.10 Å². The number of nitrogens with one attached hydrogen (secondary N) is 1. The van der Waals surface area contributed by atoms with Gasteiger partial charge in [0.1, 0.15) is 0 Å². The van der Waals surface area contributed by atoms with Crippen LogP contribution in [0, 0.1) is 6.92 Å². The molecule has 0 spiro atoms. The lowest BCUT2D eigenvalue weighted by atomic mass is 10.0. The zero-order chi connectivity index (χ0) is 10.8. The molecule has 2 rings (SSSR count). The van der Waals surface area contributed by atoms with E-state index in [1.807, 2.05) is 24.9 Å². The van der Waals surface area contributed by atoms with E-state index in [1.54, 1.807) is 0 Å². The highest BCUT2D eigenvalue weighted by molar-refractivity contribution is 5.46. The van der Waals surface area contributed by atoms with Crippen molar-refractivity contribution in [3.8, 4) is 0 Å². The molecule has 1 N–H and O–H groups in total. The lowest BCUT2D eigenvalue weighted by molar-refractivity contribution is 0.0232. The smallest absolute Gasteiger partial charge is 0.0825 e. The van der Waals surface area contributed by atoms with Gasteiger partial charge < -0.3 is 10.1 Å². The number of aromatic nitrogens is 2. The van der Waals surface area contributed by atoms with Gasteiger partial charge in [-0.15, -0.1) is 0 Å². The predicted molar refractivity (Wildman–Crippen MR) is 60.0 cm³/mol. The second-order valence-corrected chi connectivity index (χ2v) is 4.35. The molecule has 2 unspecified atom stereocenters. The fraction of sp³-hybridized carbons (Fsp3) is 0.727. The van der Waals surface area contributed by atoms with Gasteiger partial charge in [0.15, 0.2) is 0 Å². The Bertz CT molecular complexity index is 335. The fourth-order valence-corrected chi connectivity index (χ4v) is 2.09. The van der Waals surface area contributed by atoms with Gasteiger partial charge in [0.05, 0.1) is 17.5 Å². The van der Waals surface area contributed by atoms with Crippen LogP contribution in [-0.2, 0) is 11.8 Å². The van der Waals surface area contributed by atoms with Crippen molar-refractivity contribution in [3.05, 3.63) is 11.9 Å². The van der Waals surface area contributed by atoms with Crippen molar-refractivity contribution >= 4 is 5.69 Å². The van der Waals surface area contributed by atoms with Crippen molar-refractivity contribution < 1.29 is 4.74 Å². The minimum absolute atomic E-state index is 0.369. The highest BCUT2D eigenvalue weighted by atomic mass is 16.5. The third-order valence-electron chi connectivity index (χ3n) is 2.86. The van der Waals surface area contributed by atoms with E-state index in [0.717, 1.165) is 30.8 Å². The molecular weight excluding hydrogens is 190 g/mol. The van der Waals surface area contributed by atoms with Crippen LogP contribution in [0.25, 0.3) is 0 Å². The standard InChI is InChI=1S/C11H19N3O/c1-8-6-10(4-5-15-8)12-11-7-14(3)13-9(11)2/h7-8,10,12H,4-6H2,1-3H3. The molecule has 4 nitrogen and oxygen atoms in total. The van der Waals surface area contributed by atoms with Gasteiger partial charge in [-0.3, -0.25) is 4.68 Å². The van der Waals surface area contributed by atoms with Gasteiger partial charge in [-0.05, 0) is 26.7 Å². The van der Waals surface area contributed by atoms with E-state index in [-0.39, 0.29) is 0 Å². The van der Waals surface area contributed by atoms with Gasteiger partial charge in [-0.1, -0.05) is 0 Å². The summed E-state index contributed by atoms with van der Waals surface area (Å²) in [4.78, 5) is 0. The van der Waals surface area contributed by atoms with Crippen molar-refractivity contribution in [3.63, 3.8) is 0 Å². The van der Waals surface area contributed by atoms with Crippen molar-refractivity contribution in [1.29, 1.82) is 0 Å². The highest BCUT2D eigenvalue weighted by Gasteiger charge is 2.19. The maximum Gasteiger partial charge on any atom is 0.0825 e. The van der Waals surface area contributed by atoms with Crippen molar-refractivity contribution in [2.24, 2.45) is 7.05 Å². The van der Waals surface area contributed by atoms with Gasteiger partial charge >= 0.3 is 0 Å². The first-order chi connectivity index (χ1) is 7.15. The maximum atomic E-state index is 5.52. The molecule has 0 aromatic carbocycles. The van der Waals surface area contributed by atoms with Crippen LogP contribution in [0.4, 0.5) is 5.69 Å². The molecule has 1 aliphatic rings. The fourth-order valence-electron chi connectivity index (χ4n) is 2.09. The van der Waals surface area contributed by atoms with Gasteiger partial charge in [-0.25, -0.2) is 0 Å². The molecule has 1 aliphatic heterocycles. The summed E-state index contributed by atoms with van der Waals surface area (Å²) in [6.45, 7) is 5.02. The van der Waals surface area contributed by atoms with E-state index in [1.165, 1.54) is 0 Å². The third kappa shape index (κ3) is 2.50. The second kappa shape index (κ2) is 4.23. The molecule has 0 saturated carbocycles. The van der Waals surface area contributed by atoms with E-state index in [4.69, 9.17) is 4.74 Å². The summed E-state index contributed by atoms with van der Waals surface area (Å²) < 4.78 is 7.37. The number of rotatable bonds is 2. The second-order valence-electron chi connectivity index (χ2n) is 4.35. The molecule has 2 atom stereocenters. The zero-order valence-electron chi connectivity index (χ0n) is 9.66. The number of nitrogens with zero attached hydrogens (tertiary/aromatic N) is 2. The number of hydrogen-bond acceptors (Lipinski definition) is 3. The minimum atomic E-state index is 0.369. The molecule has 0 radical (unpaired) electrons. The molecule has 84 valence electrons. The molecule has 0 bridgehead atoms. The van der Waals surface area contributed by atoms with Crippen LogP contribution in [0.15, 0.2) is 6.20 Å². The SMILES string of the molecule is Cc1nn(C)cc1NC1CCOC(C)C1. The summed E-state index contributed by atoms with van der Waals surface area (Å²) in [5, 5.41) is 7.86. The molecule has 1 aromatic heterocycles. The minimum Gasteiger partial charge on any atom is -0.379 e. The van der Waals surface area contributed by atoms with Crippen molar-refractivity contribution in [2.45, 2.75) is 38.8 Å². The molecule has 0 aliphatic carbocycles. The van der Waals surface area contributed by atoms with E-state index in [9.17, 15) is 0 Å². The summed E-state index contributed by atoms with van der Waals surface area (Å²) in [7, 11) is 1.95. The first kappa shape index (κ1) is 10.5. The molecule has 4 heteroatoms. The Labute approximate surface area is 90.6 Å². The molecule has 0 amide bonds. The normalized spacial score (nSPS) is 26.6. The summed E-state index contributed by atoms with van der Waals surface area (Å²) in [5.74, 6) is 0. The average molecular weight is 209 g/mol. The highest BCUT2D eigenvalue weighted by Crippen LogP contribution is 2.20. The molecule has 1 fully saturated rings. The Morgan fingerprint density at radius 2 is 2.40 bits per heavy atom. The average Bonchev–Trinajstić information content (AvgIpc) is 2.45. The molecular formula is C11H19N3O. The molecule has 15 heavy (non-hydrogen) atoms. The van der Waals surface area contributed by atoms with E-state index in [2.05, 4.69) is 17.3 Å². The Kier molecular flexibility index (Phi) is 2.95. The monoisotopic (exact) mass is 209 g/mol.